The predicted octanol–water partition coefficient (Wildman–Crippen LogP) is 4.24. The van der Waals surface area contributed by atoms with Gasteiger partial charge in [-0.05, 0) is 42.2 Å². The van der Waals surface area contributed by atoms with Gasteiger partial charge in [-0.15, -0.1) is 0 Å². The van der Waals surface area contributed by atoms with Crippen LogP contribution in [0.5, 0.6) is 0 Å². The van der Waals surface area contributed by atoms with E-state index in [1.54, 1.807) is 0 Å². The van der Waals surface area contributed by atoms with E-state index in [1.165, 1.54) is 10.6 Å². The summed E-state index contributed by atoms with van der Waals surface area (Å²) >= 11 is 0. The topological polar surface area (TPSA) is 61.8 Å². The zero-order valence-corrected chi connectivity index (χ0v) is 15.3. The maximum absolute atomic E-state index is 12.6. The zero-order chi connectivity index (χ0) is 18.7. The van der Waals surface area contributed by atoms with Crippen LogP contribution in [0, 0.1) is 6.92 Å². The molecule has 0 unspecified atom stereocenters. The van der Waals surface area contributed by atoms with Gasteiger partial charge in [0.25, 0.3) is 5.91 Å². The van der Waals surface area contributed by atoms with Gasteiger partial charge in [-0.3, -0.25) is 9.59 Å². The van der Waals surface area contributed by atoms with E-state index in [2.05, 4.69) is 24.3 Å². The van der Waals surface area contributed by atoms with Crippen molar-refractivity contribution in [2.45, 2.75) is 39.5 Å². The molecule has 134 valence electrons. The molecular formula is C21H23N3O2. The molecule has 0 fully saturated rings. The molecule has 0 radical (unpaired) electrons. The molecule has 3 rings (SSSR count). The number of aryl methyl sites for hydroxylation is 1. The summed E-state index contributed by atoms with van der Waals surface area (Å²) in [7, 11) is 0. The fourth-order valence-electron chi connectivity index (χ4n) is 2.86. The van der Waals surface area contributed by atoms with Crippen LogP contribution in [0.4, 0.5) is 11.4 Å². The van der Waals surface area contributed by atoms with Crippen molar-refractivity contribution in [3.63, 3.8) is 0 Å². The normalized spacial score (nSPS) is 14.4. The minimum atomic E-state index is -0.270. The molecule has 5 heteroatoms. The van der Waals surface area contributed by atoms with E-state index >= 15 is 0 Å². The predicted molar refractivity (Wildman–Crippen MR) is 104 cm³/mol. The standard InChI is InChI=1S/C21H23N3O2/c1-14(2)16-8-10-17(11-9-16)22-21(26)18-12-13-20(25)24(23-18)19-7-5-4-6-15(19)3/h4-11,14H,12-13H2,1-3H3,(H,22,26). The van der Waals surface area contributed by atoms with E-state index in [1.807, 2.05) is 55.5 Å². The van der Waals surface area contributed by atoms with Gasteiger partial charge >= 0.3 is 0 Å². The van der Waals surface area contributed by atoms with Gasteiger partial charge in [0, 0.05) is 18.5 Å². The van der Waals surface area contributed by atoms with Gasteiger partial charge in [-0.1, -0.05) is 44.2 Å². The number of anilines is 2. The number of amides is 2. The average Bonchev–Trinajstić information content (AvgIpc) is 2.63. The van der Waals surface area contributed by atoms with E-state index in [-0.39, 0.29) is 18.2 Å². The second kappa shape index (κ2) is 7.52. The van der Waals surface area contributed by atoms with Crippen molar-refractivity contribution in [2.75, 3.05) is 10.3 Å². The van der Waals surface area contributed by atoms with Gasteiger partial charge in [0.1, 0.15) is 5.71 Å². The van der Waals surface area contributed by atoms with Crippen molar-refractivity contribution >= 4 is 28.9 Å². The Morgan fingerprint density at radius 1 is 1.08 bits per heavy atom. The summed E-state index contributed by atoms with van der Waals surface area (Å²) in [6.07, 6.45) is 0.615. The summed E-state index contributed by atoms with van der Waals surface area (Å²) in [5, 5.41) is 8.54. The number of benzene rings is 2. The molecular weight excluding hydrogens is 326 g/mol. The fourth-order valence-corrected chi connectivity index (χ4v) is 2.86. The fraction of sp³-hybridized carbons (Fsp3) is 0.286. The van der Waals surface area contributed by atoms with E-state index in [0.29, 0.717) is 23.7 Å². The van der Waals surface area contributed by atoms with Crippen molar-refractivity contribution in [3.8, 4) is 0 Å². The number of rotatable bonds is 4. The molecule has 1 heterocycles. The number of nitrogens with one attached hydrogen (secondary N) is 1. The van der Waals surface area contributed by atoms with Crippen molar-refractivity contribution < 1.29 is 9.59 Å². The Balaban J connectivity index is 1.79. The second-order valence-corrected chi connectivity index (χ2v) is 6.77. The monoisotopic (exact) mass is 349 g/mol. The second-order valence-electron chi connectivity index (χ2n) is 6.77. The smallest absolute Gasteiger partial charge is 0.271 e. The molecule has 1 aliphatic heterocycles. The van der Waals surface area contributed by atoms with Crippen LogP contribution in [0.3, 0.4) is 0 Å². The van der Waals surface area contributed by atoms with Crippen molar-refractivity contribution in [3.05, 3.63) is 59.7 Å². The van der Waals surface area contributed by atoms with Crippen LogP contribution in [-0.2, 0) is 9.59 Å². The molecule has 1 aliphatic rings. The van der Waals surface area contributed by atoms with Crippen LogP contribution < -0.4 is 10.3 Å². The van der Waals surface area contributed by atoms with Crippen LogP contribution in [0.2, 0.25) is 0 Å². The summed E-state index contributed by atoms with van der Waals surface area (Å²) in [4.78, 5) is 24.8. The lowest BCUT2D eigenvalue weighted by Crippen LogP contribution is -2.36. The van der Waals surface area contributed by atoms with Gasteiger partial charge in [-0.2, -0.15) is 5.10 Å². The number of para-hydroxylation sites is 1. The highest BCUT2D eigenvalue weighted by Gasteiger charge is 2.26. The molecule has 1 N–H and O–H groups in total. The summed E-state index contributed by atoms with van der Waals surface area (Å²) in [6.45, 7) is 6.17. The third-order valence-corrected chi connectivity index (χ3v) is 4.47. The lowest BCUT2D eigenvalue weighted by Gasteiger charge is -2.24. The molecule has 0 bridgehead atoms. The lowest BCUT2D eigenvalue weighted by atomic mass is 10.0. The number of carbonyl (C=O) groups excluding carboxylic acids is 2. The highest BCUT2D eigenvalue weighted by Crippen LogP contribution is 2.24. The van der Waals surface area contributed by atoms with Gasteiger partial charge < -0.3 is 5.32 Å². The van der Waals surface area contributed by atoms with Gasteiger partial charge in [0.2, 0.25) is 5.91 Å². The number of carbonyl (C=O) groups is 2. The van der Waals surface area contributed by atoms with Gasteiger partial charge in [-0.25, -0.2) is 5.01 Å². The minimum absolute atomic E-state index is 0.0999. The van der Waals surface area contributed by atoms with Crippen LogP contribution in [0.15, 0.2) is 53.6 Å². The molecule has 0 saturated heterocycles. The SMILES string of the molecule is Cc1ccccc1N1N=C(C(=O)Nc2ccc(C(C)C)cc2)CCC1=O. The van der Waals surface area contributed by atoms with Crippen LogP contribution >= 0.6 is 0 Å². The molecule has 0 atom stereocenters. The van der Waals surface area contributed by atoms with E-state index in [0.717, 1.165) is 11.3 Å². The Kier molecular flexibility index (Phi) is 5.16. The number of hydrazone groups is 1. The highest BCUT2D eigenvalue weighted by molar-refractivity contribution is 6.44. The van der Waals surface area contributed by atoms with Crippen LogP contribution in [-0.4, -0.2) is 17.5 Å². The third-order valence-electron chi connectivity index (χ3n) is 4.47. The van der Waals surface area contributed by atoms with Crippen molar-refractivity contribution in [1.29, 1.82) is 0 Å². The Labute approximate surface area is 153 Å². The Hall–Kier alpha value is -2.95. The summed E-state index contributed by atoms with van der Waals surface area (Å²) in [5.74, 6) is 0.0710. The molecule has 2 aromatic rings. The number of nitrogens with zero attached hydrogens (tertiary/aromatic N) is 2. The summed E-state index contributed by atoms with van der Waals surface area (Å²) in [6, 6.07) is 15.3. The minimum Gasteiger partial charge on any atom is -0.321 e. The largest absolute Gasteiger partial charge is 0.321 e. The maximum Gasteiger partial charge on any atom is 0.271 e. The molecule has 2 aromatic carbocycles. The number of hydrogen-bond acceptors (Lipinski definition) is 3. The first-order chi connectivity index (χ1) is 12.5. The van der Waals surface area contributed by atoms with Gasteiger partial charge in [0.05, 0.1) is 5.69 Å². The van der Waals surface area contributed by atoms with E-state index in [4.69, 9.17) is 0 Å². The molecule has 0 spiro atoms. The third kappa shape index (κ3) is 3.82. The van der Waals surface area contributed by atoms with Crippen molar-refractivity contribution in [1.82, 2.24) is 0 Å². The van der Waals surface area contributed by atoms with Crippen LogP contribution in [0.25, 0.3) is 0 Å². The van der Waals surface area contributed by atoms with E-state index < -0.39 is 0 Å². The molecule has 5 nitrogen and oxygen atoms in total. The first kappa shape index (κ1) is 17.9. The highest BCUT2D eigenvalue weighted by atomic mass is 16.2. The van der Waals surface area contributed by atoms with Crippen LogP contribution in [0.1, 0.15) is 43.7 Å². The summed E-state index contributed by atoms with van der Waals surface area (Å²) in [5.41, 5.74) is 3.95. The van der Waals surface area contributed by atoms with E-state index in [9.17, 15) is 9.59 Å². The lowest BCUT2D eigenvalue weighted by molar-refractivity contribution is -0.118. The summed E-state index contributed by atoms with van der Waals surface area (Å²) < 4.78 is 0. The molecule has 0 aliphatic carbocycles. The molecule has 0 aromatic heterocycles. The maximum atomic E-state index is 12.6. The molecule has 26 heavy (non-hydrogen) atoms. The zero-order valence-electron chi connectivity index (χ0n) is 15.3. The van der Waals surface area contributed by atoms with Gasteiger partial charge in [0.15, 0.2) is 0 Å². The first-order valence-electron chi connectivity index (χ1n) is 8.83. The van der Waals surface area contributed by atoms with Crippen molar-refractivity contribution in [2.24, 2.45) is 5.10 Å². The Morgan fingerprint density at radius 3 is 2.42 bits per heavy atom. The molecule has 2 amide bonds. The average molecular weight is 349 g/mol. The Bertz CT molecular complexity index is 854. The Morgan fingerprint density at radius 2 is 1.77 bits per heavy atom. The molecule has 0 saturated carbocycles. The number of hydrogen-bond donors (Lipinski definition) is 1. The first-order valence-corrected chi connectivity index (χ1v) is 8.83. The quantitative estimate of drug-likeness (QED) is 0.897.